The molecule has 0 aliphatic carbocycles. The van der Waals surface area contributed by atoms with Crippen molar-refractivity contribution in [3.63, 3.8) is 0 Å². The molecule has 7 nitrogen and oxygen atoms in total. The smallest absolute Gasteiger partial charge is 0.164 e. The van der Waals surface area contributed by atoms with Crippen LogP contribution in [0.3, 0.4) is 0 Å². The lowest BCUT2D eigenvalue weighted by atomic mass is 10.1. The summed E-state index contributed by atoms with van der Waals surface area (Å²) in [6.07, 6.45) is 4.03. The number of hydrogen-bond donors (Lipinski definition) is 2. The average molecular weight is 257 g/mol. The van der Waals surface area contributed by atoms with Gasteiger partial charge in [0, 0.05) is 30.1 Å². The first-order valence-electron chi connectivity index (χ1n) is 6.07. The minimum absolute atomic E-state index is 0.251. The Bertz CT molecular complexity index is 698. The zero-order chi connectivity index (χ0) is 13.4. The second-order valence-electron chi connectivity index (χ2n) is 4.58. The Labute approximate surface area is 109 Å². The fourth-order valence-electron chi connectivity index (χ4n) is 2.22. The third kappa shape index (κ3) is 2.08. The van der Waals surface area contributed by atoms with Gasteiger partial charge in [-0.1, -0.05) is 0 Å². The van der Waals surface area contributed by atoms with Crippen LogP contribution in [0.5, 0.6) is 0 Å². The van der Waals surface area contributed by atoms with Crippen molar-refractivity contribution in [2.24, 2.45) is 5.73 Å². The van der Waals surface area contributed by atoms with Crippen LogP contribution in [0.4, 0.5) is 0 Å². The van der Waals surface area contributed by atoms with Crippen molar-refractivity contribution in [1.82, 2.24) is 29.5 Å². The molecule has 3 aromatic rings. The molecule has 0 radical (unpaired) electrons. The van der Waals surface area contributed by atoms with E-state index in [0.29, 0.717) is 6.42 Å². The molecule has 1 unspecified atom stereocenters. The van der Waals surface area contributed by atoms with Crippen molar-refractivity contribution in [3.8, 4) is 0 Å². The number of imidazole rings is 1. The average Bonchev–Trinajstić information content (AvgIpc) is 2.97. The number of nitrogens with zero attached hydrogens (tertiary/aromatic N) is 5. The van der Waals surface area contributed by atoms with Crippen molar-refractivity contribution in [2.45, 2.75) is 26.3 Å². The van der Waals surface area contributed by atoms with Crippen molar-refractivity contribution in [2.75, 3.05) is 0 Å². The summed E-state index contributed by atoms with van der Waals surface area (Å²) < 4.78 is 1.90. The number of fused-ring (bicyclic) bond motifs is 1. The second kappa shape index (κ2) is 4.43. The van der Waals surface area contributed by atoms with Gasteiger partial charge in [0.25, 0.3) is 0 Å². The van der Waals surface area contributed by atoms with Gasteiger partial charge in [-0.2, -0.15) is 0 Å². The summed E-state index contributed by atoms with van der Waals surface area (Å²) in [6.45, 7) is 3.86. The van der Waals surface area contributed by atoms with Gasteiger partial charge >= 0.3 is 0 Å². The van der Waals surface area contributed by atoms with E-state index < -0.39 is 0 Å². The third-order valence-electron chi connectivity index (χ3n) is 3.04. The predicted molar refractivity (Wildman–Crippen MR) is 69.5 cm³/mol. The van der Waals surface area contributed by atoms with Crippen molar-refractivity contribution in [1.29, 1.82) is 0 Å². The molecule has 3 N–H and O–H groups in total. The lowest BCUT2D eigenvalue weighted by molar-refractivity contribution is 0.643. The van der Waals surface area contributed by atoms with Crippen LogP contribution in [0, 0.1) is 13.8 Å². The number of aryl methyl sites for hydroxylation is 2. The maximum Gasteiger partial charge on any atom is 0.164 e. The van der Waals surface area contributed by atoms with E-state index in [0.717, 1.165) is 28.7 Å². The number of H-pyrrole nitrogens is 1. The van der Waals surface area contributed by atoms with E-state index in [2.05, 4.69) is 25.1 Å². The Balaban J connectivity index is 2.01. The maximum atomic E-state index is 6.20. The van der Waals surface area contributed by atoms with E-state index in [4.69, 9.17) is 5.73 Å². The van der Waals surface area contributed by atoms with Gasteiger partial charge < -0.3 is 10.7 Å². The molecule has 0 saturated carbocycles. The van der Waals surface area contributed by atoms with Gasteiger partial charge in [0.05, 0.1) is 12.4 Å². The van der Waals surface area contributed by atoms with E-state index >= 15 is 0 Å². The Morgan fingerprint density at radius 1 is 1.37 bits per heavy atom. The van der Waals surface area contributed by atoms with Gasteiger partial charge in [-0.05, 0) is 13.8 Å². The Kier molecular flexibility index (Phi) is 2.75. The first-order chi connectivity index (χ1) is 9.15. The lowest BCUT2D eigenvalue weighted by Crippen LogP contribution is -2.18. The molecule has 0 aliphatic rings. The van der Waals surface area contributed by atoms with Gasteiger partial charge in [-0.25, -0.2) is 9.97 Å². The van der Waals surface area contributed by atoms with Crippen LogP contribution in [0.2, 0.25) is 0 Å². The molecule has 3 heterocycles. The first kappa shape index (κ1) is 11.8. The molecular formula is C12H15N7. The first-order valence-corrected chi connectivity index (χ1v) is 6.07. The molecule has 19 heavy (non-hydrogen) atoms. The van der Waals surface area contributed by atoms with Gasteiger partial charge in [-0.3, -0.25) is 4.40 Å². The molecule has 3 aromatic heterocycles. The zero-order valence-corrected chi connectivity index (χ0v) is 10.8. The molecule has 0 spiro atoms. The van der Waals surface area contributed by atoms with Crippen LogP contribution in [-0.4, -0.2) is 29.5 Å². The second-order valence-corrected chi connectivity index (χ2v) is 4.58. The number of rotatable bonds is 3. The third-order valence-corrected chi connectivity index (χ3v) is 3.04. The highest BCUT2D eigenvalue weighted by atomic mass is 15.3. The molecule has 0 fully saturated rings. The molecule has 0 amide bonds. The maximum absolute atomic E-state index is 6.20. The molecule has 0 aromatic carbocycles. The highest BCUT2D eigenvalue weighted by molar-refractivity contribution is 5.40. The standard InChI is InChI=1S/C12H15N7/c1-7-3-11-17-18-12(19(11)8(2)16-7)10(13)4-9-5-14-6-15-9/h3,5-6,10H,4,13H2,1-2H3,(H,14,15). The summed E-state index contributed by atoms with van der Waals surface area (Å²) in [6, 6.07) is 1.64. The number of hydrogen-bond acceptors (Lipinski definition) is 5. The van der Waals surface area contributed by atoms with Gasteiger partial charge in [0.2, 0.25) is 0 Å². The van der Waals surface area contributed by atoms with E-state index in [1.165, 1.54) is 0 Å². The monoisotopic (exact) mass is 257 g/mol. The zero-order valence-electron chi connectivity index (χ0n) is 10.8. The SMILES string of the molecule is Cc1cc2nnc(C(N)Cc3cnc[nH]3)n2c(C)n1. The molecule has 7 heteroatoms. The largest absolute Gasteiger partial charge is 0.348 e. The summed E-state index contributed by atoms with van der Waals surface area (Å²) in [5.74, 6) is 1.56. The predicted octanol–water partition coefficient (Wildman–Crippen LogP) is 0.707. The molecule has 98 valence electrons. The molecule has 3 rings (SSSR count). The van der Waals surface area contributed by atoms with Crippen LogP contribution in [-0.2, 0) is 6.42 Å². The molecule has 0 saturated heterocycles. The molecular weight excluding hydrogens is 242 g/mol. The van der Waals surface area contributed by atoms with Gasteiger partial charge in [-0.15, -0.1) is 10.2 Å². The van der Waals surface area contributed by atoms with Crippen molar-refractivity contribution in [3.05, 3.63) is 41.6 Å². The van der Waals surface area contributed by atoms with Crippen LogP contribution in [0.1, 0.15) is 29.1 Å². The van der Waals surface area contributed by atoms with Crippen LogP contribution >= 0.6 is 0 Å². The van der Waals surface area contributed by atoms with Crippen LogP contribution in [0.15, 0.2) is 18.6 Å². The Morgan fingerprint density at radius 2 is 2.21 bits per heavy atom. The van der Waals surface area contributed by atoms with Crippen LogP contribution in [0.25, 0.3) is 5.65 Å². The van der Waals surface area contributed by atoms with E-state index in [1.807, 2.05) is 24.3 Å². The van der Waals surface area contributed by atoms with Gasteiger partial charge in [0.1, 0.15) is 5.82 Å². The van der Waals surface area contributed by atoms with Crippen LogP contribution < -0.4 is 5.73 Å². The van der Waals surface area contributed by atoms with Gasteiger partial charge in [0.15, 0.2) is 11.5 Å². The number of aromatic nitrogens is 6. The minimum atomic E-state index is -0.251. The fraction of sp³-hybridized carbons (Fsp3) is 0.333. The van der Waals surface area contributed by atoms with E-state index in [-0.39, 0.29) is 6.04 Å². The number of nitrogens with two attached hydrogens (primary N) is 1. The van der Waals surface area contributed by atoms with Crippen molar-refractivity contribution < 1.29 is 0 Å². The normalized spacial score (nSPS) is 13.0. The van der Waals surface area contributed by atoms with Crippen molar-refractivity contribution >= 4 is 5.65 Å². The fourth-order valence-corrected chi connectivity index (χ4v) is 2.22. The molecule has 1 atom stereocenters. The number of nitrogens with one attached hydrogen (secondary N) is 1. The lowest BCUT2D eigenvalue weighted by Gasteiger charge is -2.10. The summed E-state index contributed by atoms with van der Waals surface area (Å²) in [7, 11) is 0. The molecule has 0 aliphatic heterocycles. The minimum Gasteiger partial charge on any atom is -0.348 e. The summed E-state index contributed by atoms with van der Waals surface area (Å²) in [4.78, 5) is 11.4. The quantitative estimate of drug-likeness (QED) is 0.720. The summed E-state index contributed by atoms with van der Waals surface area (Å²) >= 11 is 0. The summed E-state index contributed by atoms with van der Waals surface area (Å²) in [5.41, 5.74) is 8.88. The molecule has 0 bridgehead atoms. The van der Waals surface area contributed by atoms with E-state index in [9.17, 15) is 0 Å². The highest BCUT2D eigenvalue weighted by Crippen LogP contribution is 2.16. The Morgan fingerprint density at radius 3 is 2.95 bits per heavy atom. The number of aromatic amines is 1. The van der Waals surface area contributed by atoms with E-state index in [1.54, 1.807) is 12.5 Å². The summed E-state index contributed by atoms with van der Waals surface area (Å²) in [5, 5.41) is 8.35. The Hall–Kier alpha value is -2.28. The highest BCUT2D eigenvalue weighted by Gasteiger charge is 2.17. The topological polar surface area (TPSA) is 97.8 Å².